The first kappa shape index (κ1) is 17.5. The van der Waals surface area contributed by atoms with Crippen LogP contribution in [0.2, 0.25) is 0 Å². The quantitative estimate of drug-likeness (QED) is 0.730. The molecule has 0 aromatic heterocycles. The second-order valence-corrected chi connectivity index (χ2v) is 7.31. The average Bonchev–Trinajstić information content (AvgIpc) is 2.39. The first-order valence-corrected chi connectivity index (χ1v) is 7.87. The third kappa shape index (κ3) is 3.93. The third-order valence-electron chi connectivity index (χ3n) is 4.91. The van der Waals surface area contributed by atoms with Gasteiger partial charge < -0.3 is 15.7 Å². The largest absolute Gasteiger partial charge is 0.417 e. The van der Waals surface area contributed by atoms with E-state index in [1.54, 1.807) is 0 Å². The van der Waals surface area contributed by atoms with Gasteiger partial charge in [0.05, 0.1) is 0 Å². The predicted octanol–water partition coefficient (Wildman–Crippen LogP) is 2.12. The number of hydrogen-bond donors (Lipinski definition) is 3. The number of halogens is 3. The summed E-state index contributed by atoms with van der Waals surface area (Å²) in [5.74, 6) is -0.170. The summed E-state index contributed by atoms with van der Waals surface area (Å²) < 4.78 is 38.2. The number of aliphatic hydroxyl groups is 1. The molecule has 1 aliphatic carbocycles. The molecule has 0 spiro atoms. The van der Waals surface area contributed by atoms with E-state index in [0.29, 0.717) is 0 Å². The summed E-state index contributed by atoms with van der Waals surface area (Å²) in [6.45, 7) is 4.84. The van der Waals surface area contributed by atoms with Gasteiger partial charge in [-0.3, -0.25) is 4.79 Å². The Bertz CT molecular complexity index is 416. The van der Waals surface area contributed by atoms with Gasteiger partial charge in [0.15, 0.2) is 5.60 Å². The standard InChI is InChI=1S/C15H25F3N2O2/c1-13(2)9-10(5-8-19-13)12(21)20-11-3-6-14(22,7-4-11)15(16,17)18/h10-11,19,22H,3-9H2,1-2H3,(H,20,21). The molecule has 22 heavy (non-hydrogen) atoms. The molecule has 0 radical (unpaired) electrons. The van der Waals surface area contributed by atoms with E-state index >= 15 is 0 Å². The van der Waals surface area contributed by atoms with Crippen molar-refractivity contribution in [2.45, 2.75) is 75.7 Å². The highest BCUT2D eigenvalue weighted by Gasteiger charge is 2.54. The summed E-state index contributed by atoms with van der Waals surface area (Å²) in [7, 11) is 0. The van der Waals surface area contributed by atoms with Gasteiger partial charge >= 0.3 is 6.18 Å². The highest BCUT2D eigenvalue weighted by atomic mass is 19.4. The molecule has 7 heteroatoms. The molecule has 1 atom stereocenters. The summed E-state index contributed by atoms with van der Waals surface area (Å²) >= 11 is 0. The van der Waals surface area contributed by atoms with Gasteiger partial charge in [0.2, 0.25) is 5.91 Å². The fraction of sp³-hybridized carbons (Fsp3) is 0.933. The molecule has 0 aromatic rings. The van der Waals surface area contributed by atoms with Crippen LogP contribution in [0.3, 0.4) is 0 Å². The Morgan fingerprint density at radius 3 is 2.32 bits per heavy atom. The highest BCUT2D eigenvalue weighted by Crippen LogP contribution is 2.41. The summed E-state index contributed by atoms with van der Waals surface area (Å²) in [4.78, 5) is 12.3. The maximum Gasteiger partial charge on any atom is 0.417 e. The molecular weight excluding hydrogens is 297 g/mol. The van der Waals surface area contributed by atoms with E-state index in [4.69, 9.17) is 0 Å². The van der Waals surface area contributed by atoms with Crippen LogP contribution in [0.5, 0.6) is 0 Å². The van der Waals surface area contributed by atoms with Crippen LogP contribution in [0.25, 0.3) is 0 Å². The molecule has 1 amide bonds. The lowest BCUT2D eigenvalue weighted by Gasteiger charge is -2.39. The number of piperidine rings is 1. The Morgan fingerprint density at radius 2 is 1.82 bits per heavy atom. The number of hydrogen-bond acceptors (Lipinski definition) is 3. The highest BCUT2D eigenvalue weighted by molar-refractivity contribution is 5.79. The molecule has 0 bridgehead atoms. The molecule has 2 fully saturated rings. The Labute approximate surface area is 128 Å². The molecule has 1 heterocycles. The van der Waals surface area contributed by atoms with Crippen LogP contribution in [0.15, 0.2) is 0 Å². The van der Waals surface area contributed by atoms with Crippen molar-refractivity contribution in [1.29, 1.82) is 0 Å². The van der Waals surface area contributed by atoms with Gasteiger partial charge in [-0.1, -0.05) is 0 Å². The van der Waals surface area contributed by atoms with Gasteiger partial charge in [-0.25, -0.2) is 0 Å². The zero-order chi connectivity index (χ0) is 16.6. The number of rotatable bonds is 2. The molecule has 1 saturated heterocycles. The zero-order valence-corrected chi connectivity index (χ0v) is 13.1. The predicted molar refractivity (Wildman–Crippen MR) is 76.2 cm³/mol. The third-order valence-corrected chi connectivity index (χ3v) is 4.91. The number of carbonyl (C=O) groups excluding carboxylic acids is 1. The Kier molecular flexibility index (Phi) is 4.78. The van der Waals surface area contributed by atoms with Gasteiger partial charge in [0.25, 0.3) is 0 Å². The molecule has 1 unspecified atom stereocenters. The van der Waals surface area contributed by atoms with E-state index in [1.807, 2.05) is 13.8 Å². The van der Waals surface area contributed by atoms with Crippen molar-refractivity contribution < 1.29 is 23.1 Å². The molecule has 2 rings (SSSR count). The van der Waals surface area contributed by atoms with E-state index in [2.05, 4.69) is 10.6 Å². The Morgan fingerprint density at radius 1 is 1.23 bits per heavy atom. The monoisotopic (exact) mass is 322 g/mol. The maximum atomic E-state index is 12.7. The summed E-state index contributed by atoms with van der Waals surface area (Å²) in [5.41, 5.74) is -2.69. The lowest BCUT2D eigenvalue weighted by molar-refractivity contribution is -0.270. The smallest absolute Gasteiger partial charge is 0.380 e. The van der Waals surface area contributed by atoms with Crippen molar-refractivity contribution in [3.05, 3.63) is 0 Å². The average molecular weight is 322 g/mol. The summed E-state index contributed by atoms with van der Waals surface area (Å²) in [5, 5.41) is 15.8. The van der Waals surface area contributed by atoms with E-state index in [1.165, 1.54) is 0 Å². The number of nitrogens with one attached hydrogen (secondary N) is 2. The lowest BCUT2D eigenvalue weighted by atomic mass is 9.80. The second-order valence-electron chi connectivity index (χ2n) is 7.31. The first-order valence-electron chi connectivity index (χ1n) is 7.87. The Balaban J connectivity index is 1.85. The Hall–Kier alpha value is -0.820. The van der Waals surface area contributed by atoms with Gasteiger partial charge in [0.1, 0.15) is 0 Å². The molecule has 3 N–H and O–H groups in total. The zero-order valence-electron chi connectivity index (χ0n) is 13.1. The van der Waals surface area contributed by atoms with Crippen LogP contribution < -0.4 is 10.6 Å². The van der Waals surface area contributed by atoms with E-state index in [0.717, 1.165) is 19.4 Å². The molecular formula is C15H25F3N2O2. The maximum absolute atomic E-state index is 12.7. The van der Waals surface area contributed by atoms with Crippen LogP contribution in [0.1, 0.15) is 52.4 Å². The van der Waals surface area contributed by atoms with Crippen molar-refractivity contribution >= 4 is 5.91 Å². The lowest BCUT2D eigenvalue weighted by Crippen LogP contribution is -2.53. The van der Waals surface area contributed by atoms with Crippen LogP contribution >= 0.6 is 0 Å². The number of carbonyl (C=O) groups is 1. The molecule has 4 nitrogen and oxygen atoms in total. The fourth-order valence-electron chi connectivity index (χ4n) is 3.44. The molecule has 1 saturated carbocycles. The van der Waals surface area contributed by atoms with Crippen LogP contribution in [0, 0.1) is 5.92 Å². The molecule has 128 valence electrons. The van der Waals surface area contributed by atoms with Crippen LogP contribution in [0.4, 0.5) is 13.2 Å². The topological polar surface area (TPSA) is 61.4 Å². The van der Waals surface area contributed by atoms with Crippen molar-refractivity contribution in [3.8, 4) is 0 Å². The SMILES string of the molecule is CC1(C)CC(C(=O)NC2CCC(O)(C(F)(F)F)CC2)CCN1. The van der Waals surface area contributed by atoms with Crippen molar-refractivity contribution in [1.82, 2.24) is 10.6 Å². The van der Waals surface area contributed by atoms with Gasteiger partial charge in [-0.05, 0) is 58.9 Å². The van der Waals surface area contributed by atoms with Gasteiger partial charge in [0, 0.05) is 17.5 Å². The van der Waals surface area contributed by atoms with E-state index in [9.17, 15) is 23.1 Å². The van der Waals surface area contributed by atoms with Crippen LogP contribution in [-0.4, -0.2) is 40.9 Å². The minimum absolute atomic E-state index is 0.0722. The van der Waals surface area contributed by atoms with Gasteiger partial charge in [-0.2, -0.15) is 13.2 Å². The normalized spacial score (nSPS) is 35.9. The van der Waals surface area contributed by atoms with Crippen molar-refractivity contribution in [2.75, 3.05) is 6.54 Å². The summed E-state index contributed by atoms with van der Waals surface area (Å²) in [6, 6.07) is -0.270. The van der Waals surface area contributed by atoms with Crippen molar-refractivity contribution in [3.63, 3.8) is 0 Å². The number of alkyl halides is 3. The van der Waals surface area contributed by atoms with E-state index in [-0.39, 0.29) is 49.1 Å². The molecule has 2 aliphatic rings. The summed E-state index contributed by atoms with van der Waals surface area (Å²) in [6.07, 6.45) is -3.50. The molecule has 1 aliphatic heterocycles. The fourth-order valence-corrected chi connectivity index (χ4v) is 3.44. The minimum atomic E-state index is -4.60. The minimum Gasteiger partial charge on any atom is -0.380 e. The first-order chi connectivity index (χ1) is 10.0. The number of amides is 1. The van der Waals surface area contributed by atoms with E-state index < -0.39 is 11.8 Å². The van der Waals surface area contributed by atoms with Gasteiger partial charge in [-0.15, -0.1) is 0 Å². The molecule has 0 aromatic carbocycles. The second kappa shape index (κ2) is 6.00. The van der Waals surface area contributed by atoms with Crippen LogP contribution in [-0.2, 0) is 4.79 Å². The van der Waals surface area contributed by atoms with Crippen molar-refractivity contribution in [2.24, 2.45) is 5.92 Å².